The molecule has 1 aliphatic carbocycles. The predicted molar refractivity (Wildman–Crippen MR) is 69.7 cm³/mol. The van der Waals surface area contributed by atoms with Gasteiger partial charge in [-0.1, -0.05) is 6.42 Å². The van der Waals surface area contributed by atoms with E-state index in [1.54, 1.807) is 10.7 Å². The third-order valence-corrected chi connectivity index (χ3v) is 3.97. The maximum Gasteiger partial charge on any atom is 0.184 e. The molecule has 1 heterocycles. The Balaban J connectivity index is 1.99. The lowest BCUT2D eigenvalue weighted by atomic mass is 9.80. The fraction of sp³-hybridized carbons (Fsp3) is 0.462. The van der Waals surface area contributed by atoms with Crippen LogP contribution in [0.15, 0.2) is 18.2 Å². The van der Waals surface area contributed by atoms with Crippen molar-refractivity contribution in [2.24, 2.45) is 5.92 Å². The van der Waals surface area contributed by atoms with Crippen molar-refractivity contribution in [2.45, 2.75) is 32.2 Å². The molecule has 0 aliphatic heterocycles. The number of halogens is 1. The van der Waals surface area contributed by atoms with Crippen LogP contribution in [-0.4, -0.2) is 20.2 Å². The SMILES string of the molecule is CC(C1CCC1)n1nnnc1-c1ccc(F)cc1N. The molecule has 1 aromatic heterocycles. The highest BCUT2D eigenvalue weighted by atomic mass is 19.1. The minimum absolute atomic E-state index is 0.239. The highest BCUT2D eigenvalue weighted by Crippen LogP contribution is 2.37. The van der Waals surface area contributed by atoms with Crippen LogP contribution in [0.5, 0.6) is 0 Å². The Hall–Kier alpha value is -1.98. The van der Waals surface area contributed by atoms with Crippen LogP contribution in [0.3, 0.4) is 0 Å². The number of aromatic nitrogens is 4. The van der Waals surface area contributed by atoms with Crippen molar-refractivity contribution in [2.75, 3.05) is 5.73 Å². The van der Waals surface area contributed by atoms with Crippen LogP contribution in [0.25, 0.3) is 11.4 Å². The van der Waals surface area contributed by atoms with E-state index < -0.39 is 0 Å². The first kappa shape index (κ1) is 12.1. The molecule has 100 valence electrons. The van der Waals surface area contributed by atoms with Gasteiger partial charge in [0, 0.05) is 11.3 Å². The van der Waals surface area contributed by atoms with Gasteiger partial charge in [-0.3, -0.25) is 0 Å². The van der Waals surface area contributed by atoms with Gasteiger partial charge in [0.15, 0.2) is 5.82 Å². The van der Waals surface area contributed by atoms with Gasteiger partial charge in [-0.2, -0.15) is 0 Å². The molecule has 1 saturated carbocycles. The molecule has 1 atom stereocenters. The van der Waals surface area contributed by atoms with Crippen LogP contribution >= 0.6 is 0 Å². The molecule has 1 fully saturated rings. The number of nitrogen functional groups attached to an aromatic ring is 1. The summed E-state index contributed by atoms with van der Waals surface area (Å²) in [6.45, 7) is 2.11. The van der Waals surface area contributed by atoms with Crippen molar-refractivity contribution in [3.8, 4) is 11.4 Å². The van der Waals surface area contributed by atoms with E-state index in [4.69, 9.17) is 5.73 Å². The van der Waals surface area contributed by atoms with Crippen LogP contribution in [0.2, 0.25) is 0 Å². The fourth-order valence-corrected chi connectivity index (χ4v) is 2.50. The molecule has 19 heavy (non-hydrogen) atoms. The summed E-state index contributed by atoms with van der Waals surface area (Å²) in [6.07, 6.45) is 3.68. The van der Waals surface area contributed by atoms with Crippen molar-refractivity contribution in [1.82, 2.24) is 20.2 Å². The molecule has 0 saturated heterocycles. The van der Waals surface area contributed by atoms with Crippen molar-refractivity contribution in [3.63, 3.8) is 0 Å². The maximum absolute atomic E-state index is 13.1. The second-order valence-corrected chi connectivity index (χ2v) is 5.11. The Morgan fingerprint density at radius 1 is 1.42 bits per heavy atom. The average Bonchev–Trinajstić information content (AvgIpc) is 2.75. The van der Waals surface area contributed by atoms with E-state index in [0.717, 1.165) is 0 Å². The van der Waals surface area contributed by atoms with Gasteiger partial charge in [-0.15, -0.1) is 5.10 Å². The van der Waals surface area contributed by atoms with Gasteiger partial charge in [-0.05, 0) is 54.3 Å². The monoisotopic (exact) mass is 261 g/mol. The third-order valence-electron chi connectivity index (χ3n) is 3.97. The van der Waals surface area contributed by atoms with Crippen LogP contribution in [-0.2, 0) is 0 Å². The lowest BCUT2D eigenvalue weighted by molar-refractivity contribution is 0.210. The van der Waals surface area contributed by atoms with Gasteiger partial charge in [0.05, 0.1) is 6.04 Å². The summed E-state index contributed by atoms with van der Waals surface area (Å²) in [7, 11) is 0. The zero-order valence-electron chi connectivity index (χ0n) is 10.8. The molecule has 0 amide bonds. The Labute approximate surface area is 110 Å². The largest absolute Gasteiger partial charge is 0.398 e. The predicted octanol–water partition coefficient (Wildman–Crippen LogP) is 2.42. The molecule has 5 nitrogen and oxygen atoms in total. The zero-order valence-corrected chi connectivity index (χ0v) is 10.8. The maximum atomic E-state index is 13.1. The summed E-state index contributed by atoms with van der Waals surface area (Å²) >= 11 is 0. The molecular weight excluding hydrogens is 245 g/mol. The Kier molecular flexibility index (Phi) is 2.93. The van der Waals surface area contributed by atoms with Gasteiger partial charge < -0.3 is 5.73 Å². The van der Waals surface area contributed by atoms with Crippen molar-refractivity contribution in [1.29, 1.82) is 0 Å². The zero-order chi connectivity index (χ0) is 13.4. The Bertz CT molecular complexity index is 590. The van der Waals surface area contributed by atoms with Crippen molar-refractivity contribution < 1.29 is 4.39 Å². The van der Waals surface area contributed by atoms with Gasteiger partial charge >= 0.3 is 0 Å². The smallest absolute Gasteiger partial charge is 0.184 e. The van der Waals surface area contributed by atoms with E-state index in [-0.39, 0.29) is 11.9 Å². The van der Waals surface area contributed by atoms with Gasteiger partial charge in [0.25, 0.3) is 0 Å². The molecule has 6 heteroatoms. The summed E-state index contributed by atoms with van der Waals surface area (Å²) in [5.41, 5.74) is 6.89. The minimum Gasteiger partial charge on any atom is -0.398 e. The van der Waals surface area contributed by atoms with E-state index >= 15 is 0 Å². The fourth-order valence-electron chi connectivity index (χ4n) is 2.50. The van der Waals surface area contributed by atoms with Crippen molar-refractivity contribution in [3.05, 3.63) is 24.0 Å². The summed E-state index contributed by atoms with van der Waals surface area (Å²) in [6, 6.07) is 4.53. The van der Waals surface area contributed by atoms with Gasteiger partial charge in [-0.25, -0.2) is 9.07 Å². The van der Waals surface area contributed by atoms with E-state index in [0.29, 0.717) is 23.0 Å². The number of nitrogens with zero attached hydrogens (tertiary/aromatic N) is 4. The van der Waals surface area contributed by atoms with Crippen LogP contribution in [0.4, 0.5) is 10.1 Å². The molecule has 1 aliphatic rings. The lowest BCUT2D eigenvalue weighted by Crippen LogP contribution is -2.24. The normalized spacial score (nSPS) is 17.2. The summed E-state index contributed by atoms with van der Waals surface area (Å²) < 4.78 is 14.9. The number of hydrogen-bond donors (Lipinski definition) is 1. The number of tetrazole rings is 1. The first-order valence-corrected chi connectivity index (χ1v) is 6.50. The highest BCUT2D eigenvalue weighted by Gasteiger charge is 2.28. The molecule has 1 unspecified atom stereocenters. The Morgan fingerprint density at radius 2 is 2.21 bits per heavy atom. The number of hydrogen-bond acceptors (Lipinski definition) is 4. The molecule has 2 aromatic rings. The summed E-state index contributed by atoms with van der Waals surface area (Å²) in [5, 5.41) is 11.8. The molecule has 0 bridgehead atoms. The topological polar surface area (TPSA) is 69.6 Å². The standard InChI is InChI=1S/C13H16FN5/c1-8(9-3-2-4-9)19-13(16-17-18-19)11-6-5-10(14)7-12(11)15/h5-9H,2-4,15H2,1H3. The number of benzene rings is 1. The van der Waals surface area contributed by atoms with Crippen LogP contribution in [0, 0.1) is 11.7 Å². The van der Waals surface area contributed by atoms with E-state index in [1.807, 2.05) is 0 Å². The van der Waals surface area contributed by atoms with Crippen LogP contribution in [0.1, 0.15) is 32.2 Å². The summed E-state index contributed by atoms with van der Waals surface area (Å²) in [4.78, 5) is 0. The minimum atomic E-state index is -0.354. The third kappa shape index (κ3) is 2.07. The molecule has 1 aromatic carbocycles. The summed E-state index contributed by atoms with van der Waals surface area (Å²) in [5.74, 6) is 0.869. The van der Waals surface area contributed by atoms with Crippen LogP contribution < -0.4 is 5.73 Å². The quantitative estimate of drug-likeness (QED) is 0.861. The average molecular weight is 261 g/mol. The number of nitrogens with two attached hydrogens (primary N) is 1. The molecule has 0 spiro atoms. The number of anilines is 1. The first-order valence-electron chi connectivity index (χ1n) is 6.50. The molecule has 2 N–H and O–H groups in total. The molecule has 0 radical (unpaired) electrons. The molecule has 3 rings (SSSR count). The van der Waals surface area contributed by atoms with E-state index in [2.05, 4.69) is 22.4 Å². The highest BCUT2D eigenvalue weighted by molar-refractivity contribution is 5.71. The number of rotatable bonds is 3. The lowest BCUT2D eigenvalue weighted by Gasteiger charge is -2.31. The Morgan fingerprint density at radius 3 is 2.84 bits per heavy atom. The second kappa shape index (κ2) is 4.60. The van der Waals surface area contributed by atoms with Crippen molar-refractivity contribution >= 4 is 5.69 Å². The second-order valence-electron chi connectivity index (χ2n) is 5.11. The van der Waals surface area contributed by atoms with Gasteiger partial charge in [0.2, 0.25) is 0 Å². The van der Waals surface area contributed by atoms with E-state index in [1.165, 1.54) is 31.4 Å². The first-order chi connectivity index (χ1) is 9.16. The van der Waals surface area contributed by atoms with Gasteiger partial charge in [0.1, 0.15) is 5.82 Å². The van der Waals surface area contributed by atoms with E-state index in [9.17, 15) is 4.39 Å². The molecular formula is C13H16FN5.